The van der Waals surface area contributed by atoms with Crippen LogP contribution < -0.4 is 5.19 Å². The van der Waals surface area contributed by atoms with Gasteiger partial charge in [0.25, 0.3) is 0 Å². The van der Waals surface area contributed by atoms with Gasteiger partial charge in [-0.2, -0.15) is 0 Å². The van der Waals surface area contributed by atoms with Crippen molar-refractivity contribution >= 4 is 24.2 Å². The van der Waals surface area contributed by atoms with Gasteiger partial charge in [-0.3, -0.25) is 0 Å². The maximum absolute atomic E-state index is 5.07. The Bertz CT molecular complexity index is 1150. The summed E-state index contributed by atoms with van der Waals surface area (Å²) in [5.74, 6) is 0.513. The van der Waals surface area contributed by atoms with Gasteiger partial charge in [0.05, 0.1) is 19.3 Å². The van der Waals surface area contributed by atoms with Gasteiger partial charge < -0.3 is 0 Å². The molecular weight excluding hydrogens is 366 g/mol. The van der Waals surface area contributed by atoms with Gasteiger partial charge in [0.1, 0.15) is 0 Å². The molecule has 4 rings (SSSR count). The van der Waals surface area contributed by atoms with Gasteiger partial charge in [-0.25, -0.2) is 4.98 Å². The van der Waals surface area contributed by atoms with Crippen LogP contribution in [-0.4, -0.2) is 13.1 Å². The second kappa shape index (κ2) is 7.60. The molecule has 0 fully saturated rings. The van der Waals surface area contributed by atoms with Crippen LogP contribution in [0.25, 0.3) is 33.3 Å². The molecule has 146 valence electrons. The van der Waals surface area contributed by atoms with Gasteiger partial charge in [-0.15, -0.1) is 0 Å². The number of benzene rings is 3. The third-order valence-corrected chi connectivity index (χ3v) is 7.60. The average molecular weight is 396 g/mol. The molecule has 0 atom stereocenters. The number of hydrogen-bond acceptors (Lipinski definition) is 1. The van der Waals surface area contributed by atoms with Crippen molar-refractivity contribution in [1.82, 2.24) is 4.98 Å². The molecule has 1 aromatic heterocycles. The van der Waals surface area contributed by atoms with Gasteiger partial charge in [-0.05, 0) is 40.8 Å². The van der Waals surface area contributed by atoms with E-state index in [2.05, 4.69) is 112 Å². The van der Waals surface area contributed by atoms with Gasteiger partial charge in [0, 0.05) is 10.9 Å². The fourth-order valence-electron chi connectivity index (χ4n) is 3.87. The van der Waals surface area contributed by atoms with Crippen molar-refractivity contribution in [3.8, 4) is 22.4 Å². The lowest BCUT2D eigenvalue weighted by atomic mass is 9.99. The summed E-state index contributed by atoms with van der Waals surface area (Å²) in [5, 5.41) is 2.72. The number of rotatable bonds is 4. The van der Waals surface area contributed by atoms with E-state index in [1.54, 1.807) is 0 Å². The monoisotopic (exact) mass is 395 g/mol. The molecule has 0 spiro atoms. The van der Waals surface area contributed by atoms with Crippen LogP contribution in [-0.2, 0) is 0 Å². The summed E-state index contributed by atoms with van der Waals surface area (Å²) in [5.41, 5.74) is 7.26. The van der Waals surface area contributed by atoms with Crippen molar-refractivity contribution in [2.45, 2.75) is 39.4 Å². The van der Waals surface area contributed by atoms with E-state index < -0.39 is 8.07 Å². The van der Waals surface area contributed by atoms with Gasteiger partial charge >= 0.3 is 0 Å². The Morgan fingerprint density at radius 1 is 0.724 bits per heavy atom. The second-order valence-electron chi connectivity index (χ2n) is 9.18. The first kappa shape index (κ1) is 19.6. The zero-order valence-corrected chi connectivity index (χ0v) is 19.0. The SMILES string of the molecule is CC(C)c1cccc(-c2ccc3cc([Si](C)(C)C)c(-c4ccccc4)cc3n2)c1. The molecule has 0 aliphatic heterocycles. The number of nitrogens with zero attached hydrogens (tertiary/aromatic N) is 1. The predicted molar refractivity (Wildman–Crippen MR) is 130 cm³/mol. The number of fused-ring (bicyclic) bond motifs is 1. The molecule has 0 N–H and O–H groups in total. The summed E-state index contributed by atoms with van der Waals surface area (Å²) < 4.78 is 0. The molecule has 0 radical (unpaired) electrons. The molecule has 1 nitrogen and oxygen atoms in total. The Hall–Kier alpha value is -2.71. The van der Waals surface area contributed by atoms with E-state index in [0.717, 1.165) is 11.2 Å². The van der Waals surface area contributed by atoms with Crippen LogP contribution in [0.15, 0.2) is 78.9 Å². The minimum atomic E-state index is -1.50. The summed E-state index contributed by atoms with van der Waals surface area (Å²) in [7, 11) is -1.50. The van der Waals surface area contributed by atoms with E-state index in [4.69, 9.17) is 4.98 Å². The van der Waals surface area contributed by atoms with E-state index in [0.29, 0.717) is 5.92 Å². The number of aromatic nitrogens is 1. The van der Waals surface area contributed by atoms with E-state index in [1.807, 2.05) is 0 Å². The molecule has 0 amide bonds. The molecule has 0 aliphatic carbocycles. The third kappa shape index (κ3) is 4.04. The highest BCUT2D eigenvalue weighted by molar-refractivity contribution is 6.89. The molecule has 3 aromatic carbocycles. The Morgan fingerprint density at radius 3 is 2.14 bits per heavy atom. The molecule has 0 aliphatic rings. The first-order valence-corrected chi connectivity index (χ1v) is 13.9. The molecule has 0 bridgehead atoms. The van der Waals surface area contributed by atoms with Gasteiger partial charge in [0.2, 0.25) is 0 Å². The lowest BCUT2D eigenvalue weighted by Crippen LogP contribution is -2.39. The maximum Gasteiger partial charge on any atom is 0.0784 e. The Labute approximate surface area is 175 Å². The quantitative estimate of drug-likeness (QED) is 0.332. The van der Waals surface area contributed by atoms with Crippen LogP contribution in [0.4, 0.5) is 0 Å². The molecule has 0 unspecified atom stereocenters. The minimum Gasteiger partial charge on any atom is -0.248 e. The fraction of sp³-hybridized carbons (Fsp3) is 0.222. The first-order valence-electron chi connectivity index (χ1n) is 10.4. The molecule has 0 saturated heterocycles. The predicted octanol–water partition coefficient (Wildman–Crippen LogP) is 7.24. The maximum atomic E-state index is 5.07. The van der Waals surface area contributed by atoms with Crippen LogP contribution in [0, 0.1) is 0 Å². The first-order chi connectivity index (χ1) is 13.8. The highest BCUT2D eigenvalue weighted by Crippen LogP contribution is 2.28. The second-order valence-corrected chi connectivity index (χ2v) is 14.2. The zero-order chi connectivity index (χ0) is 20.6. The Morgan fingerprint density at radius 2 is 1.45 bits per heavy atom. The minimum absolute atomic E-state index is 0.513. The van der Waals surface area contributed by atoms with Crippen molar-refractivity contribution in [3.63, 3.8) is 0 Å². The lowest BCUT2D eigenvalue weighted by molar-refractivity contribution is 0.867. The summed E-state index contributed by atoms with van der Waals surface area (Å²) >= 11 is 0. The number of pyridine rings is 1. The van der Waals surface area contributed by atoms with Crippen molar-refractivity contribution in [3.05, 3.63) is 84.4 Å². The van der Waals surface area contributed by atoms with Crippen LogP contribution in [0.2, 0.25) is 19.6 Å². The molecule has 1 heterocycles. The zero-order valence-electron chi connectivity index (χ0n) is 18.0. The van der Waals surface area contributed by atoms with E-state index in [-0.39, 0.29) is 0 Å². The summed E-state index contributed by atoms with van der Waals surface area (Å²) in [6, 6.07) is 28.6. The van der Waals surface area contributed by atoms with Crippen molar-refractivity contribution in [2.75, 3.05) is 0 Å². The lowest BCUT2D eigenvalue weighted by Gasteiger charge is -2.22. The molecular formula is C27H29NSi. The Kier molecular flexibility index (Phi) is 5.14. The fourth-order valence-corrected chi connectivity index (χ4v) is 5.48. The van der Waals surface area contributed by atoms with E-state index in [1.165, 1.54) is 32.8 Å². The Balaban J connectivity index is 1.90. The third-order valence-electron chi connectivity index (χ3n) is 5.57. The number of hydrogen-bond donors (Lipinski definition) is 0. The molecule has 0 saturated carbocycles. The highest BCUT2D eigenvalue weighted by atomic mass is 28.3. The van der Waals surface area contributed by atoms with Crippen LogP contribution in [0.3, 0.4) is 0 Å². The standard InChI is InChI=1S/C27H29NSi/c1-19(2)21-12-9-13-22(16-21)25-15-14-23-17-27(29(3,4)5)24(18-26(23)28-25)20-10-7-6-8-11-20/h6-19H,1-5H3. The van der Waals surface area contributed by atoms with Gasteiger partial charge in [-0.1, -0.05) is 99.3 Å². The highest BCUT2D eigenvalue weighted by Gasteiger charge is 2.22. The van der Waals surface area contributed by atoms with Gasteiger partial charge in [0.15, 0.2) is 0 Å². The van der Waals surface area contributed by atoms with Crippen molar-refractivity contribution in [2.24, 2.45) is 0 Å². The van der Waals surface area contributed by atoms with Crippen LogP contribution in [0.5, 0.6) is 0 Å². The topological polar surface area (TPSA) is 12.9 Å². The summed E-state index contributed by atoms with van der Waals surface area (Å²) in [6.45, 7) is 11.7. The summed E-state index contributed by atoms with van der Waals surface area (Å²) in [6.07, 6.45) is 0. The molecule has 4 aromatic rings. The van der Waals surface area contributed by atoms with E-state index >= 15 is 0 Å². The largest absolute Gasteiger partial charge is 0.248 e. The smallest absolute Gasteiger partial charge is 0.0784 e. The van der Waals surface area contributed by atoms with Crippen LogP contribution in [0.1, 0.15) is 25.3 Å². The van der Waals surface area contributed by atoms with Crippen LogP contribution >= 0.6 is 0 Å². The average Bonchev–Trinajstić information content (AvgIpc) is 2.72. The van der Waals surface area contributed by atoms with Crippen molar-refractivity contribution < 1.29 is 0 Å². The molecule has 2 heteroatoms. The normalized spacial score (nSPS) is 11.9. The van der Waals surface area contributed by atoms with E-state index in [9.17, 15) is 0 Å². The van der Waals surface area contributed by atoms with Crippen molar-refractivity contribution in [1.29, 1.82) is 0 Å². The molecule has 29 heavy (non-hydrogen) atoms. The summed E-state index contributed by atoms with van der Waals surface area (Å²) in [4.78, 5) is 5.07.